The van der Waals surface area contributed by atoms with E-state index in [1.54, 1.807) is 49.4 Å². The number of carbonyl (C=O) groups excluding carboxylic acids is 3. The van der Waals surface area contributed by atoms with Crippen molar-refractivity contribution in [3.8, 4) is 0 Å². The number of amides is 1. The number of hydrogen-bond acceptors (Lipinski definition) is 5. The van der Waals surface area contributed by atoms with Gasteiger partial charge in [-0.05, 0) is 48.9 Å². The number of hydrogen-bond donors (Lipinski definition) is 0. The lowest BCUT2D eigenvalue weighted by Gasteiger charge is -2.18. The van der Waals surface area contributed by atoms with E-state index in [0.717, 1.165) is 4.47 Å². The lowest BCUT2D eigenvalue weighted by atomic mass is 10.0. The van der Waals surface area contributed by atoms with Crippen LogP contribution in [0.4, 0.5) is 5.69 Å². The summed E-state index contributed by atoms with van der Waals surface area (Å²) in [7, 11) is 2.58. The first-order valence-corrected chi connectivity index (χ1v) is 9.46. The number of methoxy groups -OCH3 is 2. The highest BCUT2D eigenvalue weighted by atomic mass is 79.9. The summed E-state index contributed by atoms with van der Waals surface area (Å²) in [5, 5.41) is 0. The predicted molar refractivity (Wildman–Crippen MR) is 112 cm³/mol. The molecule has 1 aliphatic rings. The van der Waals surface area contributed by atoms with Crippen LogP contribution in [0.2, 0.25) is 0 Å². The highest BCUT2D eigenvalue weighted by Crippen LogP contribution is 2.36. The van der Waals surface area contributed by atoms with Crippen molar-refractivity contribution in [3.63, 3.8) is 0 Å². The molecule has 7 heteroatoms. The van der Waals surface area contributed by atoms with Gasteiger partial charge >= 0.3 is 11.9 Å². The molecule has 148 valence electrons. The van der Waals surface area contributed by atoms with E-state index >= 15 is 0 Å². The zero-order valence-electron chi connectivity index (χ0n) is 16.1. The number of allylic oxidation sites excluding steroid dienone is 1. The molecule has 1 amide bonds. The molecule has 0 radical (unpaired) electrons. The van der Waals surface area contributed by atoms with Gasteiger partial charge in [0.1, 0.15) is 0 Å². The molecule has 0 saturated carbocycles. The average molecular weight is 456 g/mol. The monoisotopic (exact) mass is 455 g/mol. The van der Waals surface area contributed by atoms with Crippen molar-refractivity contribution in [2.75, 3.05) is 19.1 Å². The SMILES string of the molecule is COC(=O)C1=C(C)N(c2cccc(Br)c2)C(=O)C1=Cc1ccc(C(=O)OC)cc1. The fourth-order valence-electron chi connectivity index (χ4n) is 3.11. The molecule has 0 unspecified atom stereocenters. The molecular formula is C22H18BrNO5. The standard InChI is InChI=1S/C22H18BrNO5/c1-13-19(22(27)29-3)18(11-14-7-9-15(10-8-14)21(26)28-2)20(25)24(13)17-6-4-5-16(23)12-17/h4-12H,1-3H3. The zero-order valence-corrected chi connectivity index (χ0v) is 17.6. The number of nitrogens with zero attached hydrogens (tertiary/aromatic N) is 1. The summed E-state index contributed by atoms with van der Waals surface area (Å²) in [5.74, 6) is -1.38. The Morgan fingerprint density at radius 2 is 1.66 bits per heavy atom. The molecule has 2 aromatic carbocycles. The molecule has 0 atom stereocenters. The maximum atomic E-state index is 13.2. The third-order valence-corrected chi connectivity index (χ3v) is 4.99. The van der Waals surface area contributed by atoms with Crippen LogP contribution < -0.4 is 4.90 Å². The van der Waals surface area contributed by atoms with Gasteiger partial charge in [-0.3, -0.25) is 9.69 Å². The maximum Gasteiger partial charge on any atom is 0.340 e. The third kappa shape index (κ3) is 4.00. The van der Waals surface area contributed by atoms with Gasteiger partial charge in [0, 0.05) is 10.2 Å². The fraction of sp³-hybridized carbons (Fsp3) is 0.136. The molecule has 0 saturated heterocycles. The van der Waals surface area contributed by atoms with Crippen molar-refractivity contribution >= 4 is 45.5 Å². The number of carbonyl (C=O) groups is 3. The molecule has 0 aromatic heterocycles. The van der Waals surface area contributed by atoms with Gasteiger partial charge in [0.05, 0.1) is 36.6 Å². The molecule has 2 aromatic rings. The Morgan fingerprint density at radius 3 is 2.24 bits per heavy atom. The molecule has 0 bridgehead atoms. The van der Waals surface area contributed by atoms with Crippen molar-refractivity contribution in [3.05, 3.63) is 81.0 Å². The van der Waals surface area contributed by atoms with Crippen molar-refractivity contribution < 1.29 is 23.9 Å². The Bertz CT molecular complexity index is 1050. The van der Waals surface area contributed by atoms with Crippen LogP contribution >= 0.6 is 15.9 Å². The summed E-state index contributed by atoms with van der Waals surface area (Å²) in [5.41, 5.74) is 2.59. The van der Waals surface area contributed by atoms with Crippen molar-refractivity contribution in [1.29, 1.82) is 0 Å². The summed E-state index contributed by atoms with van der Waals surface area (Å²) in [6.07, 6.45) is 1.61. The Balaban J connectivity index is 2.07. The number of ether oxygens (including phenoxy) is 2. The van der Waals surface area contributed by atoms with Gasteiger partial charge in [-0.2, -0.15) is 0 Å². The largest absolute Gasteiger partial charge is 0.465 e. The quantitative estimate of drug-likeness (QED) is 0.512. The van der Waals surface area contributed by atoms with Gasteiger partial charge in [-0.15, -0.1) is 0 Å². The van der Waals surface area contributed by atoms with Crippen LogP contribution in [0.3, 0.4) is 0 Å². The second-order valence-corrected chi connectivity index (χ2v) is 7.16. The van der Waals surface area contributed by atoms with Crippen LogP contribution in [0.5, 0.6) is 0 Å². The van der Waals surface area contributed by atoms with Crippen LogP contribution in [-0.2, 0) is 19.1 Å². The second-order valence-electron chi connectivity index (χ2n) is 6.24. The van der Waals surface area contributed by atoms with E-state index in [2.05, 4.69) is 20.7 Å². The normalized spacial score (nSPS) is 15.1. The Hall–Kier alpha value is -3.19. The third-order valence-electron chi connectivity index (χ3n) is 4.50. The Morgan fingerprint density at radius 1 is 1.00 bits per heavy atom. The molecule has 1 heterocycles. The molecule has 3 rings (SSSR count). The Labute approximate surface area is 176 Å². The van der Waals surface area contributed by atoms with Crippen LogP contribution in [-0.4, -0.2) is 32.1 Å². The van der Waals surface area contributed by atoms with E-state index in [0.29, 0.717) is 22.5 Å². The van der Waals surface area contributed by atoms with E-state index in [1.165, 1.54) is 19.1 Å². The predicted octanol–water partition coefficient (Wildman–Crippen LogP) is 4.11. The highest BCUT2D eigenvalue weighted by molar-refractivity contribution is 9.10. The summed E-state index contributed by atoms with van der Waals surface area (Å²) < 4.78 is 10.4. The van der Waals surface area contributed by atoms with Crippen LogP contribution in [0.25, 0.3) is 6.08 Å². The smallest absolute Gasteiger partial charge is 0.340 e. The number of halogens is 1. The van der Waals surface area contributed by atoms with Gasteiger partial charge < -0.3 is 9.47 Å². The van der Waals surface area contributed by atoms with E-state index in [-0.39, 0.29) is 17.1 Å². The van der Waals surface area contributed by atoms with Crippen LogP contribution in [0.15, 0.2) is 69.8 Å². The molecule has 0 fully saturated rings. The van der Waals surface area contributed by atoms with Gasteiger partial charge in [-0.25, -0.2) is 9.59 Å². The average Bonchev–Trinajstić information content (AvgIpc) is 2.97. The number of esters is 2. The van der Waals surface area contributed by atoms with Crippen molar-refractivity contribution in [2.24, 2.45) is 0 Å². The molecule has 0 spiro atoms. The summed E-state index contributed by atoms with van der Waals surface area (Å²) in [6, 6.07) is 13.8. The number of rotatable bonds is 4. The molecule has 1 aliphatic heterocycles. The van der Waals surface area contributed by atoms with E-state index in [4.69, 9.17) is 4.74 Å². The van der Waals surface area contributed by atoms with Crippen molar-refractivity contribution in [2.45, 2.75) is 6.92 Å². The van der Waals surface area contributed by atoms with Gasteiger partial charge in [0.15, 0.2) is 0 Å². The highest BCUT2D eigenvalue weighted by Gasteiger charge is 2.37. The molecule has 6 nitrogen and oxygen atoms in total. The van der Waals surface area contributed by atoms with E-state index < -0.39 is 11.9 Å². The number of benzene rings is 2. The number of anilines is 1. The molecular weight excluding hydrogens is 438 g/mol. The van der Waals surface area contributed by atoms with Gasteiger partial charge in [0.2, 0.25) is 0 Å². The summed E-state index contributed by atoms with van der Waals surface area (Å²) in [4.78, 5) is 38.7. The minimum Gasteiger partial charge on any atom is -0.465 e. The van der Waals surface area contributed by atoms with Gasteiger partial charge in [-0.1, -0.05) is 34.1 Å². The second kappa shape index (κ2) is 8.45. The minimum absolute atomic E-state index is 0.203. The lowest BCUT2D eigenvalue weighted by Crippen LogP contribution is -2.24. The first kappa shape index (κ1) is 20.5. The first-order chi connectivity index (χ1) is 13.9. The fourth-order valence-corrected chi connectivity index (χ4v) is 3.49. The molecule has 29 heavy (non-hydrogen) atoms. The molecule has 0 N–H and O–H groups in total. The summed E-state index contributed by atoms with van der Waals surface area (Å²) >= 11 is 3.40. The summed E-state index contributed by atoms with van der Waals surface area (Å²) in [6.45, 7) is 1.70. The van der Waals surface area contributed by atoms with Gasteiger partial charge in [0.25, 0.3) is 5.91 Å². The maximum absolute atomic E-state index is 13.2. The Kier molecular flexibility index (Phi) is 5.98. The zero-order chi connectivity index (χ0) is 21.1. The topological polar surface area (TPSA) is 72.9 Å². The van der Waals surface area contributed by atoms with Crippen LogP contribution in [0.1, 0.15) is 22.8 Å². The van der Waals surface area contributed by atoms with Crippen LogP contribution in [0, 0.1) is 0 Å². The van der Waals surface area contributed by atoms with Crippen molar-refractivity contribution in [1.82, 2.24) is 0 Å². The molecule has 0 aliphatic carbocycles. The van der Waals surface area contributed by atoms with E-state index in [1.807, 2.05) is 12.1 Å². The first-order valence-electron chi connectivity index (χ1n) is 8.67. The van der Waals surface area contributed by atoms with E-state index in [9.17, 15) is 14.4 Å². The minimum atomic E-state index is -0.592. The lowest BCUT2D eigenvalue weighted by molar-refractivity contribution is -0.136.